The molecule has 0 saturated carbocycles. The third kappa shape index (κ3) is 13.9. The van der Waals surface area contributed by atoms with E-state index < -0.39 is 86.7 Å². The molecule has 0 amide bonds. The zero-order valence-electron chi connectivity index (χ0n) is 30.1. The van der Waals surface area contributed by atoms with E-state index in [2.05, 4.69) is 14.8 Å². The lowest BCUT2D eigenvalue weighted by atomic mass is 9.89. The van der Waals surface area contributed by atoms with E-state index >= 15 is 4.39 Å². The molecule has 1 aliphatic heterocycles. The molecule has 0 bridgehead atoms. The number of benzene rings is 2. The number of allylic oxidation sites excluding steroid dienone is 2. The molecule has 4 rings (SSSR count). The maximum Gasteiger partial charge on any atom is 0.512 e. The summed E-state index contributed by atoms with van der Waals surface area (Å²) in [6, 6.07) is 8.63. The van der Waals surface area contributed by atoms with E-state index in [0.29, 0.717) is 18.2 Å². The first-order valence-corrected chi connectivity index (χ1v) is 19.2. The average molecular weight is 837 g/mol. The predicted molar refractivity (Wildman–Crippen MR) is 194 cm³/mol. The second-order valence-corrected chi connectivity index (χ2v) is 15.1. The Labute approximate surface area is 328 Å². The van der Waals surface area contributed by atoms with Crippen LogP contribution in [0.25, 0.3) is 6.08 Å². The molecule has 1 aromatic heterocycles. The maximum atomic E-state index is 15.7. The second kappa shape index (κ2) is 20.6. The van der Waals surface area contributed by atoms with Gasteiger partial charge in [-0.2, -0.15) is 18.8 Å². The van der Waals surface area contributed by atoms with Crippen LogP contribution in [0.2, 0.25) is 0 Å². The number of thioether (sulfide) groups is 1. The molecule has 3 atom stereocenters. The number of aromatic nitrogens is 3. The smallest absolute Gasteiger partial charge is 0.461 e. The minimum absolute atomic E-state index is 0.113. The summed E-state index contributed by atoms with van der Waals surface area (Å²) in [6.07, 6.45) is 6.07. The zero-order chi connectivity index (χ0) is 41.6. The molecule has 1 fully saturated rings. The molecule has 1 N–H and O–H groups in total. The highest BCUT2D eigenvalue weighted by atomic mass is 32.2. The Bertz CT molecular complexity index is 2120. The Balaban J connectivity index is 1.45. The lowest BCUT2D eigenvalue weighted by molar-refractivity contribution is -0.166. The van der Waals surface area contributed by atoms with E-state index in [1.807, 2.05) is 6.07 Å². The Morgan fingerprint density at radius 3 is 2.46 bits per heavy atom. The van der Waals surface area contributed by atoms with Gasteiger partial charge < -0.3 is 28.4 Å². The highest BCUT2D eigenvalue weighted by Gasteiger charge is 2.47. The number of hydrogen-bond acceptors (Lipinski definition) is 15. The standard InChI is InChI=1S/C36H35F3N4O12S2/c1-23(56-28-18-51-34(52-19-28)6-4-3-5-26-8-7-25(17-40)15-30(26)38)36(20-43-22-41-21-42-43,29-10-9-27(37)16-31(29)39)55-35(46)54-24(2)53-33(45)12-11-32(44)50-13-14-57(47,48)49/h3-12,15-16,21-24,28,34H,13-14,18-20H2,1-2H3,(H,47,48,49). The van der Waals surface area contributed by atoms with Crippen molar-refractivity contribution in [2.45, 2.75) is 49.1 Å². The van der Waals surface area contributed by atoms with Crippen LogP contribution in [0.4, 0.5) is 18.0 Å². The van der Waals surface area contributed by atoms with Crippen LogP contribution in [0.15, 0.2) is 79.4 Å². The number of nitrogens with zero attached hydrogens (tertiary/aromatic N) is 4. The molecule has 0 spiro atoms. The third-order valence-corrected chi connectivity index (χ3v) is 9.86. The van der Waals surface area contributed by atoms with Crippen molar-refractivity contribution in [3.63, 3.8) is 0 Å². The molecule has 3 unspecified atom stereocenters. The number of carbonyl (C=O) groups is 3. The fourth-order valence-electron chi connectivity index (χ4n) is 5.09. The van der Waals surface area contributed by atoms with Crippen LogP contribution in [0.1, 0.15) is 30.5 Å². The van der Waals surface area contributed by atoms with Crippen molar-refractivity contribution >= 4 is 46.1 Å². The Kier molecular flexibility index (Phi) is 16.0. The highest BCUT2D eigenvalue weighted by Crippen LogP contribution is 2.42. The molecular formula is C36H35F3N4O12S2. The number of esters is 2. The third-order valence-electron chi connectivity index (χ3n) is 7.73. The molecule has 2 heterocycles. The van der Waals surface area contributed by atoms with E-state index in [1.54, 1.807) is 25.2 Å². The Morgan fingerprint density at radius 1 is 1.07 bits per heavy atom. The summed E-state index contributed by atoms with van der Waals surface area (Å²) in [5, 5.41) is 11.7. The summed E-state index contributed by atoms with van der Waals surface area (Å²) < 4.78 is 108. The largest absolute Gasteiger partial charge is 0.512 e. The number of carbonyl (C=O) groups excluding carboxylic acids is 3. The summed E-state index contributed by atoms with van der Waals surface area (Å²) >= 11 is 1.18. The van der Waals surface area contributed by atoms with Crippen LogP contribution in [0.5, 0.6) is 0 Å². The number of hydrogen-bond donors (Lipinski definition) is 1. The van der Waals surface area contributed by atoms with E-state index in [4.69, 9.17) is 33.5 Å². The SMILES string of the molecule is CC(OC(=O)C=CC(=O)OCCS(=O)(=O)O)OC(=O)OC(Cn1cncn1)(c1ccc(F)cc1F)C(C)SC1COC(C=CC=Cc2ccc(C#N)cc2F)OC1. The first-order valence-electron chi connectivity index (χ1n) is 16.7. The van der Waals surface area contributed by atoms with E-state index in [1.165, 1.54) is 47.3 Å². The number of halogens is 3. The summed E-state index contributed by atoms with van der Waals surface area (Å²) in [7, 11) is -4.39. The van der Waals surface area contributed by atoms with Crippen molar-refractivity contribution < 1.29 is 68.9 Å². The monoisotopic (exact) mass is 836 g/mol. The van der Waals surface area contributed by atoms with Gasteiger partial charge in [0.15, 0.2) is 11.9 Å². The van der Waals surface area contributed by atoms with Gasteiger partial charge in [0.25, 0.3) is 10.1 Å². The molecule has 3 aromatic rings. The maximum absolute atomic E-state index is 15.7. The highest BCUT2D eigenvalue weighted by molar-refractivity contribution is 8.00. The number of ether oxygens (including phenoxy) is 6. The van der Waals surface area contributed by atoms with Gasteiger partial charge in [-0.1, -0.05) is 24.3 Å². The molecule has 16 nitrogen and oxygen atoms in total. The molecule has 0 aliphatic carbocycles. The summed E-state index contributed by atoms with van der Waals surface area (Å²) in [4.78, 5) is 41.2. The minimum atomic E-state index is -4.39. The molecule has 21 heteroatoms. The van der Waals surface area contributed by atoms with Crippen molar-refractivity contribution in [2.75, 3.05) is 25.6 Å². The molecule has 57 heavy (non-hydrogen) atoms. The molecule has 1 aliphatic rings. The summed E-state index contributed by atoms with van der Waals surface area (Å²) in [6.45, 7) is 1.93. The van der Waals surface area contributed by atoms with Crippen LogP contribution >= 0.6 is 11.8 Å². The van der Waals surface area contributed by atoms with Crippen LogP contribution in [0, 0.1) is 28.8 Å². The van der Waals surface area contributed by atoms with E-state index in [0.717, 1.165) is 25.1 Å². The number of nitriles is 1. The topological polar surface area (TPSA) is 215 Å². The summed E-state index contributed by atoms with van der Waals surface area (Å²) in [5.41, 5.74) is -1.79. The van der Waals surface area contributed by atoms with Crippen LogP contribution in [0.3, 0.4) is 0 Å². The van der Waals surface area contributed by atoms with Crippen LogP contribution < -0.4 is 0 Å². The lowest BCUT2D eigenvalue weighted by Gasteiger charge is -2.40. The zero-order valence-corrected chi connectivity index (χ0v) is 31.7. The van der Waals surface area contributed by atoms with Gasteiger partial charge in [0.05, 0.1) is 36.6 Å². The molecular weight excluding hydrogens is 802 g/mol. The van der Waals surface area contributed by atoms with Gasteiger partial charge in [-0.25, -0.2) is 37.2 Å². The minimum Gasteiger partial charge on any atom is -0.461 e. The second-order valence-electron chi connectivity index (χ2n) is 11.9. The predicted octanol–water partition coefficient (Wildman–Crippen LogP) is 4.62. The van der Waals surface area contributed by atoms with Gasteiger partial charge >= 0.3 is 18.1 Å². The molecule has 0 radical (unpaired) electrons. The van der Waals surface area contributed by atoms with Crippen molar-refractivity contribution in [1.82, 2.24) is 14.8 Å². The van der Waals surface area contributed by atoms with Gasteiger partial charge in [0.2, 0.25) is 6.29 Å². The van der Waals surface area contributed by atoms with Gasteiger partial charge in [-0.15, -0.1) is 11.8 Å². The molecule has 304 valence electrons. The fraction of sp³-hybridized carbons (Fsp3) is 0.333. The van der Waals surface area contributed by atoms with Gasteiger partial charge in [0, 0.05) is 41.5 Å². The normalized spacial score (nSPS) is 18.1. The quantitative estimate of drug-likeness (QED) is 0.0490. The van der Waals surface area contributed by atoms with E-state index in [-0.39, 0.29) is 36.4 Å². The average Bonchev–Trinajstić information content (AvgIpc) is 3.65. The Hall–Kier alpha value is -5.53. The first kappa shape index (κ1) is 44.2. The van der Waals surface area contributed by atoms with Crippen LogP contribution in [-0.2, 0) is 60.3 Å². The Morgan fingerprint density at radius 2 is 1.81 bits per heavy atom. The first-order chi connectivity index (χ1) is 27.1. The van der Waals surface area contributed by atoms with Crippen molar-refractivity contribution in [1.29, 1.82) is 5.26 Å². The lowest BCUT2D eigenvalue weighted by Crippen LogP contribution is -2.47. The van der Waals surface area contributed by atoms with Gasteiger partial charge in [-0.3, -0.25) is 4.55 Å². The number of rotatable bonds is 17. The van der Waals surface area contributed by atoms with E-state index in [9.17, 15) is 31.6 Å². The molecule has 1 saturated heterocycles. The fourth-order valence-corrected chi connectivity index (χ4v) is 6.75. The van der Waals surface area contributed by atoms with Crippen molar-refractivity contribution in [3.05, 3.63) is 114 Å². The van der Waals surface area contributed by atoms with Gasteiger partial charge in [0.1, 0.15) is 42.5 Å². The molecule has 2 aromatic carbocycles. The van der Waals surface area contributed by atoms with Crippen molar-refractivity contribution in [2.24, 2.45) is 0 Å². The summed E-state index contributed by atoms with van der Waals surface area (Å²) in [5.74, 6) is -5.73. The van der Waals surface area contributed by atoms with Gasteiger partial charge in [-0.05, 0) is 37.3 Å². The van der Waals surface area contributed by atoms with Crippen molar-refractivity contribution in [3.8, 4) is 6.07 Å². The van der Waals surface area contributed by atoms with Crippen LogP contribution in [-0.4, -0.2) is 94.5 Å².